The van der Waals surface area contributed by atoms with E-state index in [2.05, 4.69) is 20.4 Å². The van der Waals surface area contributed by atoms with Crippen LogP contribution in [0, 0.1) is 0 Å². The molecule has 154 valence electrons. The van der Waals surface area contributed by atoms with Crippen molar-refractivity contribution in [2.75, 3.05) is 25.6 Å². The fourth-order valence-corrected chi connectivity index (χ4v) is 4.38. The molecule has 0 aliphatic carbocycles. The first-order valence-corrected chi connectivity index (χ1v) is 10.3. The molecule has 1 aliphatic heterocycles. The van der Waals surface area contributed by atoms with E-state index < -0.39 is 24.0 Å². The molecule has 2 aromatic heterocycles. The van der Waals surface area contributed by atoms with Gasteiger partial charge in [-0.2, -0.15) is 0 Å². The van der Waals surface area contributed by atoms with Crippen molar-refractivity contribution in [3.8, 4) is 0 Å². The zero-order valence-corrected chi connectivity index (χ0v) is 17.3. The van der Waals surface area contributed by atoms with Gasteiger partial charge in [0.1, 0.15) is 5.00 Å². The minimum absolute atomic E-state index is 0.133. The highest BCUT2D eigenvalue weighted by Crippen LogP contribution is 2.28. The third kappa shape index (κ3) is 4.71. The molecule has 3 rings (SSSR count). The Hall–Kier alpha value is -2.99. The van der Waals surface area contributed by atoms with Crippen LogP contribution in [0.15, 0.2) is 11.4 Å². The molecule has 29 heavy (non-hydrogen) atoms. The second-order valence-electron chi connectivity index (χ2n) is 5.82. The van der Waals surface area contributed by atoms with Crippen LogP contribution in [0.25, 0.3) is 0 Å². The standard InChI is InChI=1S/C17H18N4O6S2/c1-3-27-16(24)20-12(22)9-5-7-28-14(9)19-13(23)15-18-10-8-21(17(25)26-2)6-4-11(10)29-15/h5,7H,3-4,6,8H2,1-2H3,(H,19,23)(H,20,22,24). The summed E-state index contributed by atoms with van der Waals surface area (Å²) in [7, 11) is 1.31. The van der Waals surface area contributed by atoms with Crippen LogP contribution in [0.5, 0.6) is 0 Å². The molecule has 1 aliphatic rings. The maximum Gasteiger partial charge on any atom is 0.414 e. The Balaban J connectivity index is 1.69. The predicted molar refractivity (Wildman–Crippen MR) is 105 cm³/mol. The molecule has 0 fully saturated rings. The molecule has 10 nitrogen and oxygen atoms in total. The van der Waals surface area contributed by atoms with Gasteiger partial charge < -0.3 is 19.7 Å². The van der Waals surface area contributed by atoms with E-state index in [1.165, 1.54) is 29.4 Å². The molecule has 4 amide bonds. The Labute approximate surface area is 173 Å². The molecule has 3 heterocycles. The number of nitrogens with one attached hydrogen (secondary N) is 2. The monoisotopic (exact) mass is 438 g/mol. The lowest BCUT2D eigenvalue weighted by atomic mass is 10.2. The van der Waals surface area contributed by atoms with Crippen molar-refractivity contribution < 1.29 is 28.7 Å². The maximum absolute atomic E-state index is 12.6. The van der Waals surface area contributed by atoms with Gasteiger partial charge in [-0.05, 0) is 18.4 Å². The number of thiophene rings is 1. The van der Waals surface area contributed by atoms with Crippen molar-refractivity contribution >= 4 is 51.7 Å². The number of fused-ring (bicyclic) bond motifs is 1. The summed E-state index contributed by atoms with van der Waals surface area (Å²) < 4.78 is 9.40. The Morgan fingerprint density at radius 2 is 2.07 bits per heavy atom. The van der Waals surface area contributed by atoms with E-state index in [-0.39, 0.29) is 23.7 Å². The number of ether oxygens (including phenoxy) is 2. The van der Waals surface area contributed by atoms with Crippen molar-refractivity contribution in [2.24, 2.45) is 0 Å². The fraction of sp³-hybridized carbons (Fsp3) is 0.353. The highest BCUT2D eigenvalue weighted by atomic mass is 32.1. The van der Waals surface area contributed by atoms with Gasteiger partial charge >= 0.3 is 12.2 Å². The second kappa shape index (κ2) is 9.01. The van der Waals surface area contributed by atoms with Crippen LogP contribution in [-0.2, 0) is 22.4 Å². The van der Waals surface area contributed by atoms with Crippen LogP contribution in [0.4, 0.5) is 14.6 Å². The number of imide groups is 1. The molecule has 0 saturated heterocycles. The summed E-state index contributed by atoms with van der Waals surface area (Å²) in [5, 5.41) is 6.89. The number of thiazole rings is 1. The van der Waals surface area contributed by atoms with E-state index in [0.29, 0.717) is 23.7 Å². The molecule has 12 heteroatoms. The summed E-state index contributed by atoms with van der Waals surface area (Å²) in [4.78, 5) is 54.7. The molecular weight excluding hydrogens is 420 g/mol. The Morgan fingerprint density at radius 1 is 1.28 bits per heavy atom. The fourth-order valence-electron chi connectivity index (χ4n) is 2.65. The SMILES string of the molecule is CCOC(=O)NC(=O)c1ccsc1NC(=O)c1nc2c(s1)CCN(C(=O)OC)C2. The lowest BCUT2D eigenvalue weighted by Gasteiger charge is -2.24. The van der Waals surface area contributed by atoms with E-state index in [9.17, 15) is 19.2 Å². The Bertz CT molecular complexity index is 954. The van der Waals surface area contributed by atoms with Gasteiger partial charge in [0, 0.05) is 17.8 Å². The van der Waals surface area contributed by atoms with E-state index in [1.54, 1.807) is 12.3 Å². The predicted octanol–water partition coefficient (Wildman–Crippen LogP) is 2.47. The van der Waals surface area contributed by atoms with E-state index >= 15 is 0 Å². The van der Waals surface area contributed by atoms with Crippen molar-refractivity contribution in [3.63, 3.8) is 0 Å². The van der Waals surface area contributed by atoms with Crippen molar-refractivity contribution in [2.45, 2.75) is 19.9 Å². The first-order chi connectivity index (χ1) is 13.9. The van der Waals surface area contributed by atoms with Gasteiger partial charge in [0.15, 0.2) is 5.01 Å². The van der Waals surface area contributed by atoms with E-state index in [0.717, 1.165) is 16.2 Å². The highest BCUT2D eigenvalue weighted by molar-refractivity contribution is 7.15. The number of carbonyl (C=O) groups is 4. The Kier molecular flexibility index (Phi) is 6.44. The summed E-state index contributed by atoms with van der Waals surface area (Å²) in [6, 6.07) is 1.50. The average molecular weight is 438 g/mol. The second-order valence-corrected chi connectivity index (χ2v) is 7.82. The summed E-state index contributed by atoms with van der Waals surface area (Å²) in [6.45, 7) is 2.52. The topological polar surface area (TPSA) is 127 Å². The molecule has 0 spiro atoms. The minimum Gasteiger partial charge on any atom is -0.453 e. The summed E-state index contributed by atoms with van der Waals surface area (Å²) >= 11 is 2.39. The number of hydrogen-bond acceptors (Lipinski definition) is 9. The zero-order chi connectivity index (χ0) is 21.0. The lowest BCUT2D eigenvalue weighted by Crippen LogP contribution is -2.35. The van der Waals surface area contributed by atoms with Crippen LogP contribution in [0.3, 0.4) is 0 Å². The normalized spacial score (nSPS) is 12.7. The number of aromatic nitrogens is 1. The quantitative estimate of drug-likeness (QED) is 0.751. The lowest BCUT2D eigenvalue weighted by molar-refractivity contribution is 0.0925. The molecule has 2 aromatic rings. The largest absolute Gasteiger partial charge is 0.453 e. The number of amides is 4. The number of nitrogens with zero attached hydrogens (tertiary/aromatic N) is 2. The highest BCUT2D eigenvalue weighted by Gasteiger charge is 2.27. The molecule has 0 bridgehead atoms. The van der Waals surface area contributed by atoms with Gasteiger partial charge in [-0.15, -0.1) is 22.7 Å². The zero-order valence-electron chi connectivity index (χ0n) is 15.6. The van der Waals surface area contributed by atoms with Crippen LogP contribution in [0.1, 0.15) is 37.7 Å². The van der Waals surface area contributed by atoms with Crippen molar-refractivity contribution in [3.05, 3.63) is 32.6 Å². The first kappa shape index (κ1) is 20.7. The molecular formula is C17H18N4O6S2. The van der Waals surface area contributed by atoms with Crippen LogP contribution < -0.4 is 10.6 Å². The molecule has 0 radical (unpaired) electrons. The van der Waals surface area contributed by atoms with E-state index in [4.69, 9.17) is 4.74 Å². The average Bonchev–Trinajstić information content (AvgIpc) is 3.33. The number of alkyl carbamates (subject to hydrolysis) is 1. The molecule has 0 aromatic carbocycles. The Morgan fingerprint density at radius 3 is 2.79 bits per heavy atom. The van der Waals surface area contributed by atoms with Gasteiger partial charge in [-0.3, -0.25) is 14.9 Å². The van der Waals surface area contributed by atoms with Gasteiger partial charge in [0.2, 0.25) is 0 Å². The minimum atomic E-state index is -0.858. The number of methoxy groups -OCH3 is 1. The van der Waals surface area contributed by atoms with Crippen molar-refractivity contribution in [1.82, 2.24) is 15.2 Å². The summed E-state index contributed by atoms with van der Waals surface area (Å²) in [6.07, 6.45) is -0.712. The third-order valence-electron chi connectivity index (χ3n) is 3.98. The van der Waals surface area contributed by atoms with Crippen LogP contribution in [-0.4, -0.2) is 54.1 Å². The summed E-state index contributed by atoms with van der Waals surface area (Å²) in [5.74, 6) is -1.14. The molecule has 0 unspecified atom stereocenters. The third-order valence-corrected chi connectivity index (χ3v) is 5.97. The van der Waals surface area contributed by atoms with Crippen molar-refractivity contribution in [1.29, 1.82) is 0 Å². The maximum atomic E-state index is 12.6. The number of rotatable bonds is 4. The smallest absolute Gasteiger partial charge is 0.414 e. The van der Waals surface area contributed by atoms with Gasteiger partial charge in [0.25, 0.3) is 11.8 Å². The van der Waals surface area contributed by atoms with Crippen LogP contribution in [0.2, 0.25) is 0 Å². The number of carbonyl (C=O) groups excluding carboxylic acids is 4. The molecule has 0 saturated carbocycles. The van der Waals surface area contributed by atoms with Gasteiger partial charge in [-0.25, -0.2) is 14.6 Å². The van der Waals surface area contributed by atoms with E-state index in [1.807, 2.05) is 0 Å². The van der Waals surface area contributed by atoms with Crippen LogP contribution >= 0.6 is 22.7 Å². The van der Waals surface area contributed by atoms with Gasteiger partial charge in [-0.1, -0.05) is 0 Å². The summed E-state index contributed by atoms with van der Waals surface area (Å²) in [5.41, 5.74) is 0.804. The molecule has 2 N–H and O–H groups in total. The first-order valence-electron chi connectivity index (χ1n) is 8.61. The van der Waals surface area contributed by atoms with Gasteiger partial charge in [0.05, 0.1) is 31.5 Å². The molecule has 0 atom stereocenters. The number of hydrogen-bond donors (Lipinski definition) is 2. The number of anilines is 1.